The number of amides is 3. The van der Waals surface area contributed by atoms with Crippen LogP contribution in [0.4, 0.5) is 4.79 Å². The number of aromatic nitrogens is 2. The fraction of sp³-hybridized carbons (Fsp3) is 0.667. The van der Waals surface area contributed by atoms with Crippen molar-refractivity contribution in [3.63, 3.8) is 0 Å². The maximum Gasteiger partial charge on any atom is 0.321 e. The minimum absolute atomic E-state index is 0.0219. The first-order valence-corrected chi connectivity index (χ1v) is 7.39. The van der Waals surface area contributed by atoms with Crippen molar-refractivity contribution in [2.24, 2.45) is 0 Å². The Morgan fingerprint density at radius 1 is 1.38 bits per heavy atom. The second kappa shape index (κ2) is 7.24. The average Bonchev–Trinajstić information content (AvgIpc) is 2.87. The van der Waals surface area contributed by atoms with Gasteiger partial charge in [0.25, 0.3) is 5.91 Å². The van der Waals surface area contributed by atoms with Crippen LogP contribution in [0.2, 0.25) is 0 Å². The highest BCUT2D eigenvalue weighted by Gasteiger charge is 2.21. The Morgan fingerprint density at radius 2 is 2.05 bits per heavy atom. The molecule has 21 heavy (non-hydrogen) atoms. The number of unbranched alkanes of at least 4 members (excludes halogenated alkanes) is 1. The number of nitrogens with one attached hydrogen (secondary N) is 2. The molecule has 1 rings (SSSR count). The number of hydrogen-bond acceptors (Lipinski definition) is 3. The Hall–Kier alpha value is -1.85. The molecule has 0 bridgehead atoms. The van der Waals surface area contributed by atoms with Crippen LogP contribution < -0.4 is 10.6 Å². The van der Waals surface area contributed by atoms with Crippen LogP contribution in [-0.2, 0) is 10.2 Å². The fourth-order valence-electron chi connectivity index (χ4n) is 1.70. The fourth-order valence-corrected chi connectivity index (χ4v) is 1.70. The zero-order valence-electron chi connectivity index (χ0n) is 13.6. The molecule has 1 unspecified atom stereocenters. The lowest BCUT2D eigenvalue weighted by atomic mass is 9.90. The van der Waals surface area contributed by atoms with Crippen LogP contribution in [-0.4, -0.2) is 28.3 Å². The lowest BCUT2D eigenvalue weighted by molar-refractivity contribution is -0.123. The summed E-state index contributed by atoms with van der Waals surface area (Å²) in [4.78, 5) is 23.6. The van der Waals surface area contributed by atoms with Crippen molar-refractivity contribution in [3.05, 3.63) is 18.0 Å². The quantitative estimate of drug-likeness (QED) is 0.819. The summed E-state index contributed by atoms with van der Waals surface area (Å²) >= 11 is 0. The van der Waals surface area contributed by atoms with Crippen LogP contribution in [0.1, 0.15) is 59.1 Å². The number of nitrogens with zero attached hydrogens (tertiary/aromatic N) is 2. The summed E-state index contributed by atoms with van der Waals surface area (Å²) in [6.07, 6.45) is 5.49. The van der Waals surface area contributed by atoms with E-state index in [2.05, 4.69) is 36.5 Å². The molecular formula is C15H26N4O2. The molecule has 1 atom stereocenters. The van der Waals surface area contributed by atoms with Crippen molar-refractivity contribution < 1.29 is 9.59 Å². The van der Waals surface area contributed by atoms with Crippen LogP contribution in [0.15, 0.2) is 12.4 Å². The first-order chi connectivity index (χ1) is 9.75. The van der Waals surface area contributed by atoms with Gasteiger partial charge in [-0.05, 0) is 24.3 Å². The third kappa shape index (κ3) is 5.21. The molecule has 1 aromatic rings. The van der Waals surface area contributed by atoms with Crippen LogP contribution in [0, 0.1) is 0 Å². The standard InChI is InChI=1S/C15H26N4O2/c1-6-7-8-16-14(21)18-13(20)11(2)19-10-12(9-17-19)15(3,4)5/h9-11H,6-8H2,1-5H3,(H2,16,18,20,21). The van der Waals surface area contributed by atoms with E-state index in [9.17, 15) is 9.59 Å². The van der Waals surface area contributed by atoms with Gasteiger partial charge in [0.2, 0.25) is 0 Å². The van der Waals surface area contributed by atoms with Crippen LogP contribution in [0.25, 0.3) is 0 Å². The molecule has 118 valence electrons. The van der Waals surface area contributed by atoms with Crippen LogP contribution >= 0.6 is 0 Å². The summed E-state index contributed by atoms with van der Waals surface area (Å²) in [5, 5.41) is 9.20. The predicted octanol–water partition coefficient (Wildman–Crippen LogP) is 2.37. The topological polar surface area (TPSA) is 76.0 Å². The van der Waals surface area contributed by atoms with Crippen LogP contribution in [0.5, 0.6) is 0 Å². The summed E-state index contributed by atoms with van der Waals surface area (Å²) in [6, 6.07) is -0.985. The van der Waals surface area contributed by atoms with E-state index in [-0.39, 0.29) is 11.3 Å². The number of imide groups is 1. The molecule has 0 aromatic carbocycles. The van der Waals surface area contributed by atoms with Crippen molar-refractivity contribution in [2.45, 2.75) is 58.9 Å². The molecule has 0 saturated carbocycles. The Balaban J connectivity index is 2.58. The summed E-state index contributed by atoms with van der Waals surface area (Å²) in [5.74, 6) is -0.368. The number of urea groups is 1. The molecule has 1 heterocycles. The lowest BCUT2D eigenvalue weighted by Crippen LogP contribution is -2.42. The first kappa shape index (κ1) is 17.2. The van der Waals surface area contributed by atoms with E-state index in [1.807, 2.05) is 13.1 Å². The molecule has 0 fully saturated rings. The Morgan fingerprint density at radius 3 is 2.57 bits per heavy atom. The van der Waals surface area contributed by atoms with E-state index in [1.54, 1.807) is 17.8 Å². The van der Waals surface area contributed by atoms with Crippen molar-refractivity contribution in [1.29, 1.82) is 0 Å². The highest BCUT2D eigenvalue weighted by molar-refractivity contribution is 5.95. The molecule has 1 aromatic heterocycles. The van der Waals surface area contributed by atoms with Gasteiger partial charge in [-0.3, -0.25) is 14.8 Å². The minimum Gasteiger partial charge on any atom is -0.338 e. The van der Waals surface area contributed by atoms with Crippen molar-refractivity contribution >= 4 is 11.9 Å². The monoisotopic (exact) mass is 294 g/mol. The van der Waals surface area contributed by atoms with Gasteiger partial charge < -0.3 is 5.32 Å². The number of carbonyl (C=O) groups is 2. The van der Waals surface area contributed by atoms with Crippen molar-refractivity contribution in [2.75, 3.05) is 6.54 Å². The van der Waals surface area contributed by atoms with E-state index in [4.69, 9.17) is 0 Å². The maximum atomic E-state index is 12.0. The highest BCUT2D eigenvalue weighted by atomic mass is 16.2. The Labute approximate surface area is 126 Å². The normalized spacial score (nSPS) is 12.8. The molecule has 0 aliphatic rings. The van der Waals surface area contributed by atoms with Crippen LogP contribution in [0.3, 0.4) is 0 Å². The number of hydrogen-bond donors (Lipinski definition) is 2. The van der Waals surface area contributed by atoms with E-state index >= 15 is 0 Å². The second-order valence-electron chi connectivity index (χ2n) is 6.23. The van der Waals surface area contributed by atoms with Gasteiger partial charge >= 0.3 is 6.03 Å². The molecular weight excluding hydrogens is 268 g/mol. The summed E-state index contributed by atoms with van der Waals surface area (Å²) in [6.45, 7) is 10.6. The predicted molar refractivity (Wildman–Crippen MR) is 82.1 cm³/mol. The van der Waals surface area contributed by atoms with E-state index in [0.717, 1.165) is 18.4 Å². The maximum absolute atomic E-state index is 12.0. The molecule has 2 N–H and O–H groups in total. The summed E-state index contributed by atoms with van der Waals surface area (Å²) in [7, 11) is 0. The largest absolute Gasteiger partial charge is 0.338 e. The van der Waals surface area contributed by atoms with Gasteiger partial charge in [0.05, 0.1) is 6.20 Å². The molecule has 0 aliphatic heterocycles. The minimum atomic E-state index is -0.530. The van der Waals surface area contributed by atoms with Gasteiger partial charge in [0, 0.05) is 12.7 Å². The van der Waals surface area contributed by atoms with E-state index < -0.39 is 12.1 Å². The zero-order valence-corrected chi connectivity index (χ0v) is 13.6. The van der Waals surface area contributed by atoms with E-state index in [1.165, 1.54) is 0 Å². The Kier molecular flexibility index (Phi) is 5.93. The molecule has 0 saturated heterocycles. The summed E-state index contributed by atoms with van der Waals surface area (Å²) in [5.41, 5.74) is 1.03. The summed E-state index contributed by atoms with van der Waals surface area (Å²) < 4.78 is 1.58. The van der Waals surface area contributed by atoms with Gasteiger partial charge in [-0.25, -0.2) is 4.79 Å². The van der Waals surface area contributed by atoms with E-state index in [0.29, 0.717) is 6.54 Å². The smallest absolute Gasteiger partial charge is 0.321 e. The Bertz CT molecular complexity index is 488. The molecule has 0 radical (unpaired) electrons. The number of rotatable bonds is 5. The SMILES string of the molecule is CCCCNC(=O)NC(=O)C(C)n1cc(C(C)(C)C)cn1. The molecule has 0 aliphatic carbocycles. The second-order valence-corrected chi connectivity index (χ2v) is 6.23. The first-order valence-electron chi connectivity index (χ1n) is 7.39. The third-order valence-electron chi connectivity index (χ3n) is 3.30. The van der Waals surface area contributed by atoms with Gasteiger partial charge in [0.1, 0.15) is 6.04 Å². The molecule has 6 nitrogen and oxygen atoms in total. The zero-order chi connectivity index (χ0) is 16.0. The van der Waals surface area contributed by atoms with Gasteiger partial charge in [-0.15, -0.1) is 0 Å². The van der Waals surface area contributed by atoms with Crippen molar-refractivity contribution in [1.82, 2.24) is 20.4 Å². The van der Waals surface area contributed by atoms with Crippen molar-refractivity contribution in [3.8, 4) is 0 Å². The van der Waals surface area contributed by atoms with Gasteiger partial charge in [0.15, 0.2) is 0 Å². The highest BCUT2D eigenvalue weighted by Crippen LogP contribution is 2.22. The molecule has 6 heteroatoms. The van der Waals surface area contributed by atoms with Gasteiger partial charge in [-0.2, -0.15) is 5.10 Å². The lowest BCUT2D eigenvalue weighted by Gasteiger charge is -2.16. The average molecular weight is 294 g/mol. The number of carbonyl (C=O) groups excluding carboxylic acids is 2. The molecule has 3 amide bonds. The molecule has 0 spiro atoms. The van der Waals surface area contributed by atoms with Gasteiger partial charge in [-0.1, -0.05) is 34.1 Å². The third-order valence-corrected chi connectivity index (χ3v) is 3.30.